The third-order valence-corrected chi connectivity index (χ3v) is 1.98. The molecule has 0 aromatic heterocycles. The van der Waals surface area contributed by atoms with E-state index in [0.717, 1.165) is 0 Å². The van der Waals surface area contributed by atoms with Crippen molar-refractivity contribution in [3.05, 3.63) is 24.3 Å². The fourth-order valence-corrected chi connectivity index (χ4v) is 1.27. The van der Waals surface area contributed by atoms with Crippen LogP contribution in [0.25, 0.3) is 0 Å². The van der Waals surface area contributed by atoms with E-state index in [1.54, 1.807) is 24.3 Å². The first-order valence-electron chi connectivity index (χ1n) is 5.36. The minimum absolute atomic E-state index is 0.238. The fourth-order valence-electron chi connectivity index (χ4n) is 1.27. The maximum absolute atomic E-state index is 11.4. The third kappa shape index (κ3) is 4.87. The van der Waals surface area contributed by atoms with Crippen LogP contribution in [0.1, 0.15) is 6.92 Å². The van der Waals surface area contributed by atoms with Gasteiger partial charge in [0.1, 0.15) is 6.54 Å². The van der Waals surface area contributed by atoms with E-state index < -0.39 is 11.8 Å². The number of carbonyl (C=O) groups is 3. The molecule has 19 heavy (non-hydrogen) atoms. The number of nitrogens with zero attached hydrogens (tertiary/aromatic N) is 1. The van der Waals surface area contributed by atoms with Crippen molar-refractivity contribution in [1.29, 1.82) is 5.26 Å². The number of hydrogen-bond acceptors (Lipinski definition) is 4. The highest BCUT2D eigenvalue weighted by molar-refractivity contribution is 6.39. The number of amides is 3. The fraction of sp³-hybridized carbons (Fsp3) is 0.167. The summed E-state index contributed by atoms with van der Waals surface area (Å²) in [6.45, 7) is 1.12. The smallest absolute Gasteiger partial charge is 0.313 e. The lowest BCUT2D eigenvalue weighted by atomic mass is 10.2. The minimum Gasteiger partial charge on any atom is -0.335 e. The van der Waals surface area contributed by atoms with Gasteiger partial charge in [0.25, 0.3) is 0 Å². The lowest BCUT2D eigenvalue weighted by molar-refractivity contribution is -0.136. The molecule has 0 saturated heterocycles. The Bertz CT molecular complexity index is 548. The van der Waals surface area contributed by atoms with Gasteiger partial charge in [0.15, 0.2) is 0 Å². The summed E-state index contributed by atoms with van der Waals surface area (Å²) in [7, 11) is 0. The molecule has 0 spiro atoms. The molecule has 0 fully saturated rings. The monoisotopic (exact) mass is 260 g/mol. The number of nitriles is 1. The second kappa shape index (κ2) is 6.76. The third-order valence-electron chi connectivity index (χ3n) is 1.98. The molecule has 0 aliphatic carbocycles. The van der Waals surface area contributed by atoms with Crippen molar-refractivity contribution in [2.45, 2.75) is 6.92 Å². The summed E-state index contributed by atoms with van der Waals surface area (Å²) in [4.78, 5) is 33.5. The average molecular weight is 260 g/mol. The highest BCUT2D eigenvalue weighted by Crippen LogP contribution is 2.14. The lowest BCUT2D eigenvalue weighted by Gasteiger charge is -2.07. The molecule has 1 aromatic rings. The van der Waals surface area contributed by atoms with Gasteiger partial charge in [-0.25, -0.2) is 0 Å². The van der Waals surface area contributed by atoms with Crippen LogP contribution in [0.5, 0.6) is 0 Å². The van der Waals surface area contributed by atoms with E-state index in [4.69, 9.17) is 5.26 Å². The Morgan fingerprint density at radius 1 is 1.16 bits per heavy atom. The second-order valence-corrected chi connectivity index (χ2v) is 3.56. The van der Waals surface area contributed by atoms with Gasteiger partial charge in [0, 0.05) is 18.3 Å². The molecule has 1 aromatic carbocycles. The summed E-state index contributed by atoms with van der Waals surface area (Å²) >= 11 is 0. The molecule has 0 saturated carbocycles. The minimum atomic E-state index is -0.897. The Morgan fingerprint density at radius 2 is 1.79 bits per heavy atom. The van der Waals surface area contributed by atoms with Crippen LogP contribution < -0.4 is 16.0 Å². The van der Waals surface area contributed by atoms with Crippen LogP contribution in [0.15, 0.2) is 24.3 Å². The molecule has 3 N–H and O–H groups in total. The average Bonchev–Trinajstić information content (AvgIpc) is 2.35. The van der Waals surface area contributed by atoms with Crippen LogP contribution in [-0.2, 0) is 14.4 Å². The van der Waals surface area contributed by atoms with E-state index in [9.17, 15) is 14.4 Å². The number of hydrogen-bond donors (Lipinski definition) is 3. The van der Waals surface area contributed by atoms with Crippen molar-refractivity contribution in [2.75, 3.05) is 17.2 Å². The zero-order valence-corrected chi connectivity index (χ0v) is 10.2. The van der Waals surface area contributed by atoms with Crippen LogP contribution in [0.4, 0.5) is 11.4 Å². The molecule has 7 heteroatoms. The molecule has 0 unspecified atom stereocenters. The molecule has 3 amide bonds. The molecular formula is C12H12N4O3. The van der Waals surface area contributed by atoms with Crippen molar-refractivity contribution >= 4 is 29.1 Å². The molecule has 0 bridgehead atoms. The van der Waals surface area contributed by atoms with Crippen molar-refractivity contribution in [2.24, 2.45) is 0 Å². The van der Waals surface area contributed by atoms with E-state index in [1.165, 1.54) is 13.0 Å². The molecule has 0 heterocycles. The Labute approximate surface area is 109 Å². The summed E-state index contributed by atoms with van der Waals surface area (Å²) in [5, 5.41) is 15.3. The Kier molecular flexibility index (Phi) is 5.04. The quantitative estimate of drug-likeness (QED) is 0.533. The van der Waals surface area contributed by atoms with Crippen LogP contribution in [0, 0.1) is 11.3 Å². The Balaban J connectivity index is 2.66. The molecule has 0 atom stereocenters. The normalized spacial score (nSPS) is 9.05. The lowest BCUT2D eigenvalue weighted by Crippen LogP contribution is -2.35. The van der Waals surface area contributed by atoms with Gasteiger partial charge in [0.05, 0.1) is 6.07 Å². The van der Waals surface area contributed by atoms with E-state index in [2.05, 4.69) is 16.0 Å². The standard InChI is InChI=1S/C12H12N4O3/c1-8(17)15-9-3-2-4-10(7-9)16-12(19)11(18)14-6-5-13/h2-4,7H,6H2,1H3,(H,14,18)(H,15,17)(H,16,19). The Morgan fingerprint density at radius 3 is 2.37 bits per heavy atom. The highest BCUT2D eigenvalue weighted by Gasteiger charge is 2.12. The van der Waals surface area contributed by atoms with Crippen molar-refractivity contribution < 1.29 is 14.4 Å². The predicted octanol–water partition coefficient (Wildman–Crippen LogP) is 0.223. The topological polar surface area (TPSA) is 111 Å². The van der Waals surface area contributed by atoms with Crippen LogP contribution in [0.3, 0.4) is 0 Å². The molecule has 1 rings (SSSR count). The molecule has 0 aliphatic rings. The van der Waals surface area contributed by atoms with Gasteiger partial charge < -0.3 is 16.0 Å². The van der Waals surface area contributed by atoms with Gasteiger partial charge in [-0.15, -0.1) is 0 Å². The number of carbonyl (C=O) groups excluding carboxylic acids is 3. The maximum Gasteiger partial charge on any atom is 0.313 e. The van der Waals surface area contributed by atoms with Gasteiger partial charge in [-0.3, -0.25) is 14.4 Å². The summed E-state index contributed by atoms with van der Waals surface area (Å²) in [5.41, 5.74) is 0.867. The van der Waals surface area contributed by atoms with Gasteiger partial charge in [-0.1, -0.05) is 6.07 Å². The Hall–Kier alpha value is -2.88. The predicted molar refractivity (Wildman–Crippen MR) is 68.0 cm³/mol. The first kappa shape index (κ1) is 14.2. The van der Waals surface area contributed by atoms with E-state index in [-0.39, 0.29) is 12.5 Å². The van der Waals surface area contributed by atoms with Gasteiger partial charge in [-0.2, -0.15) is 5.26 Å². The summed E-state index contributed by atoms with van der Waals surface area (Å²) in [5.74, 6) is -2.02. The molecule has 7 nitrogen and oxygen atoms in total. The summed E-state index contributed by atoms with van der Waals surface area (Å²) in [6, 6.07) is 8.03. The number of nitrogens with one attached hydrogen (secondary N) is 3. The van der Waals surface area contributed by atoms with Crippen molar-refractivity contribution in [1.82, 2.24) is 5.32 Å². The molecule has 0 radical (unpaired) electrons. The van der Waals surface area contributed by atoms with Gasteiger partial charge in [-0.05, 0) is 18.2 Å². The number of anilines is 2. The van der Waals surface area contributed by atoms with Gasteiger partial charge >= 0.3 is 11.8 Å². The zero-order valence-electron chi connectivity index (χ0n) is 10.2. The molecule has 98 valence electrons. The zero-order chi connectivity index (χ0) is 14.3. The first-order valence-corrected chi connectivity index (χ1v) is 5.36. The van der Waals surface area contributed by atoms with E-state index >= 15 is 0 Å². The first-order chi connectivity index (χ1) is 9.02. The van der Waals surface area contributed by atoms with Gasteiger partial charge in [0.2, 0.25) is 5.91 Å². The SMILES string of the molecule is CC(=O)Nc1cccc(NC(=O)C(=O)NCC#N)c1. The van der Waals surface area contributed by atoms with E-state index in [0.29, 0.717) is 11.4 Å². The van der Waals surface area contributed by atoms with Crippen LogP contribution in [-0.4, -0.2) is 24.3 Å². The van der Waals surface area contributed by atoms with Crippen molar-refractivity contribution in [3.63, 3.8) is 0 Å². The summed E-state index contributed by atoms with van der Waals surface area (Å²) < 4.78 is 0. The molecule has 0 aliphatic heterocycles. The second-order valence-electron chi connectivity index (χ2n) is 3.56. The van der Waals surface area contributed by atoms with Crippen molar-refractivity contribution in [3.8, 4) is 6.07 Å². The van der Waals surface area contributed by atoms with E-state index in [1.807, 2.05) is 0 Å². The largest absolute Gasteiger partial charge is 0.335 e. The molecular weight excluding hydrogens is 248 g/mol. The van der Waals surface area contributed by atoms with Crippen LogP contribution >= 0.6 is 0 Å². The maximum atomic E-state index is 11.4. The number of rotatable bonds is 3. The highest BCUT2D eigenvalue weighted by atomic mass is 16.2. The van der Waals surface area contributed by atoms with Crippen LogP contribution in [0.2, 0.25) is 0 Å². The number of benzene rings is 1. The summed E-state index contributed by atoms with van der Waals surface area (Å²) in [6.07, 6.45) is 0.